The summed E-state index contributed by atoms with van der Waals surface area (Å²) < 4.78 is 0. The molecule has 1 aromatic rings. The Balaban J connectivity index is 0.00000400. The summed E-state index contributed by atoms with van der Waals surface area (Å²) in [4.78, 5) is 9.80. The summed E-state index contributed by atoms with van der Waals surface area (Å²) in [5.74, 6) is 1.66. The van der Waals surface area contributed by atoms with Gasteiger partial charge in [-0.25, -0.2) is 4.98 Å². The van der Waals surface area contributed by atoms with Crippen LogP contribution in [0.15, 0.2) is 10.5 Å². The Hall–Kier alpha value is -0.370. The zero-order valence-corrected chi connectivity index (χ0v) is 16.9. The Bertz CT molecular complexity index is 418. The molecule has 21 heavy (non-hydrogen) atoms. The largest absolute Gasteiger partial charge is 0.354 e. The lowest BCUT2D eigenvalue weighted by molar-refractivity contribution is 0.491. The third-order valence-corrected chi connectivity index (χ3v) is 4.22. The molecular weight excluding hydrogens is 395 g/mol. The summed E-state index contributed by atoms with van der Waals surface area (Å²) in [6.45, 7) is 9.59. The van der Waals surface area contributed by atoms with Crippen molar-refractivity contribution in [2.75, 3.05) is 7.05 Å². The smallest absolute Gasteiger partial charge is 0.191 e. The quantitative estimate of drug-likeness (QED) is 0.396. The molecule has 1 rings (SSSR count). The van der Waals surface area contributed by atoms with Gasteiger partial charge in [-0.3, -0.25) is 4.99 Å². The van der Waals surface area contributed by atoms with Gasteiger partial charge in [0.2, 0.25) is 0 Å². The van der Waals surface area contributed by atoms with Gasteiger partial charge < -0.3 is 10.6 Å². The Morgan fingerprint density at radius 2 is 2.05 bits per heavy atom. The van der Waals surface area contributed by atoms with Gasteiger partial charge in [0.25, 0.3) is 0 Å². The van der Waals surface area contributed by atoms with Gasteiger partial charge in [-0.05, 0) is 26.2 Å². The molecule has 0 aromatic carbocycles. The van der Waals surface area contributed by atoms with Crippen molar-refractivity contribution >= 4 is 41.3 Å². The summed E-state index contributed by atoms with van der Waals surface area (Å²) in [5.41, 5.74) is 2.99. The van der Waals surface area contributed by atoms with Gasteiger partial charge in [0, 0.05) is 18.0 Å². The molecule has 2 N–H and O–H groups in total. The van der Waals surface area contributed by atoms with Crippen LogP contribution in [0.5, 0.6) is 0 Å². The zero-order chi connectivity index (χ0) is 15.0. The minimum absolute atomic E-state index is 0. The normalized spacial score (nSPS) is 13.0. The highest BCUT2D eigenvalue weighted by Gasteiger charge is 2.07. The number of rotatable bonds is 7. The van der Waals surface area contributed by atoms with Gasteiger partial charge in [0.1, 0.15) is 0 Å². The standard InChI is InChI=1S/C15H28N4S.HI/c1-11(2)7-6-8-12(3)19-15(16-5)17-9-14-13(4)18-10-20-14;/h10-12H,6-9H2,1-5H3,(H2,16,17,19);1H. The first kappa shape index (κ1) is 20.6. The summed E-state index contributed by atoms with van der Waals surface area (Å²) in [7, 11) is 1.82. The molecule has 122 valence electrons. The van der Waals surface area contributed by atoms with E-state index in [9.17, 15) is 0 Å². The number of hydrogen-bond acceptors (Lipinski definition) is 3. The van der Waals surface area contributed by atoms with E-state index < -0.39 is 0 Å². The molecule has 0 saturated carbocycles. The lowest BCUT2D eigenvalue weighted by Crippen LogP contribution is -2.41. The second kappa shape index (κ2) is 11.2. The van der Waals surface area contributed by atoms with Crippen LogP contribution < -0.4 is 10.6 Å². The van der Waals surface area contributed by atoms with E-state index in [0.717, 1.165) is 24.1 Å². The average molecular weight is 424 g/mol. The van der Waals surface area contributed by atoms with Gasteiger partial charge in [-0.2, -0.15) is 0 Å². The molecule has 1 heterocycles. The van der Waals surface area contributed by atoms with Crippen molar-refractivity contribution in [3.63, 3.8) is 0 Å². The van der Waals surface area contributed by atoms with Crippen molar-refractivity contribution in [3.8, 4) is 0 Å². The predicted molar refractivity (Wildman–Crippen MR) is 104 cm³/mol. The lowest BCUT2D eigenvalue weighted by Gasteiger charge is -2.18. The molecule has 6 heteroatoms. The van der Waals surface area contributed by atoms with Gasteiger partial charge in [-0.1, -0.05) is 26.7 Å². The minimum atomic E-state index is 0. The summed E-state index contributed by atoms with van der Waals surface area (Å²) in [6, 6.07) is 0.447. The molecule has 1 atom stereocenters. The number of aromatic nitrogens is 1. The first-order valence-corrected chi connectivity index (χ1v) is 8.27. The van der Waals surface area contributed by atoms with E-state index in [1.54, 1.807) is 11.3 Å². The van der Waals surface area contributed by atoms with Crippen LogP contribution in [0.4, 0.5) is 0 Å². The van der Waals surface area contributed by atoms with E-state index in [0.29, 0.717) is 6.04 Å². The molecule has 1 unspecified atom stereocenters. The fraction of sp³-hybridized carbons (Fsp3) is 0.733. The van der Waals surface area contributed by atoms with Crippen LogP contribution >= 0.6 is 35.3 Å². The Morgan fingerprint density at radius 3 is 2.57 bits per heavy atom. The van der Waals surface area contributed by atoms with E-state index in [2.05, 4.69) is 41.4 Å². The molecule has 1 aromatic heterocycles. The van der Waals surface area contributed by atoms with Crippen LogP contribution in [-0.2, 0) is 6.54 Å². The zero-order valence-electron chi connectivity index (χ0n) is 13.8. The molecule has 0 aliphatic carbocycles. The number of nitrogens with zero attached hydrogens (tertiary/aromatic N) is 2. The summed E-state index contributed by atoms with van der Waals surface area (Å²) in [5, 5.41) is 6.80. The second-order valence-corrected chi connectivity index (χ2v) is 6.60. The van der Waals surface area contributed by atoms with E-state index in [-0.39, 0.29) is 24.0 Å². The third kappa shape index (κ3) is 8.60. The van der Waals surface area contributed by atoms with Crippen molar-refractivity contribution in [2.24, 2.45) is 10.9 Å². The van der Waals surface area contributed by atoms with Crippen LogP contribution in [0, 0.1) is 12.8 Å². The summed E-state index contributed by atoms with van der Waals surface area (Å²) in [6.07, 6.45) is 3.73. The maximum atomic E-state index is 4.28. The molecular formula is C15H29IN4S. The Kier molecular flexibility index (Phi) is 11.0. The monoisotopic (exact) mass is 424 g/mol. The first-order valence-electron chi connectivity index (χ1n) is 7.39. The van der Waals surface area contributed by atoms with Crippen molar-refractivity contribution in [3.05, 3.63) is 16.1 Å². The number of aryl methyl sites for hydroxylation is 1. The number of nitrogens with one attached hydrogen (secondary N) is 2. The van der Waals surface area contributed by atoms with Gasteiger partial charge in [0.15, 0.2) is 5.96 Å². The highest BCUT2D eigenvalue weighted by Crippen LogP contribution is 2.11. The number of aliphatic imine (C=N–C) groups is 1. The number of halogens is 1. The van der Waals surface area contributed by atoms with Crippen LogP contribution in [0.2, 0.25) is 0 Å². The molecule has 0 aliphatic heterocycles. The topological polar surface area (TPSA) is 49.3 Å². The highest BCUT2D eigenvalue weighted by molar-refractivity contribution is 14.0. The molecule has 4 nitrogen and oxygen atoms in total. The maximum Gasteiger partial charge on any atom is 0.191 e. The summed E-state index contributed by atoms with van der Waals surface area (Å²) >= 11 is 1.68. The number of thiazole rings is 1. The minimum Gasteiger partial charge on any atom is -0.354 e. The van der Waals surface area contributed by atoms with Crippen LogP contribution in [0.3, 0.4) is 0 Å². The van der Waals surface area contributed by atoms with E-state index in [4.69, 9.17) is 0 Å². The van der Waals surface area contributed by atoms with Crippen LogP contribution in [-0.4, -0.2) is 24.0 Å². The lowest BCUT2D eigenvalue weighted by atomic mass is 10.0. The molecule has 0 bridgehead atoms. The van der Waals surface area contributed by atoms with E-state index in [1.807, 2.05) is 19.5 Å². The van der Waals surface area contributed by atoms with E-state index in [1.165, 1.54) is 24.1 Å². The molecule has 0 saturated heterocycles. The predicted octanol–water partition coefficient (Wildman–Crippen LogP) is 3.95. The van der Waals surface area contributed by atoms with Crippen molar-refractivity contribution in [2.45, 2.75) is 59.5 Å². The van der Waals surface area contributed by atoms with Crippen molar-refractivity contribution in [1.82, 2.24) is 15.6 Å². The molecule has 0 amide bonds. The molecule has 0 radical (unpaired) electrons. The van der Waals surface area contributed by atoms with Crippen LogP contribution in [0.25, 0.3) is 0 Å². The average Bonchev–Trinajstić information content (AvgIpc) is 2.79. The highest BCUT2D eigenvalue weighted by atomic mass is 127. The first-order chi connectivity index (χ1) is 9.52. The van der Waals surface area contributed by atoms with Crippen molar-refractivity contribution < 1.29 is 0 Å². The molecule has 0 spiro atoms. The molecule has 0 aliphatic rings. The Labute approximate surface area is 150 Å². The fourth-order valence-electron chi connectivity index (χ4n) is 1.99. The van der Waals surface area contributed by atoms with Crippen molar-refractivity contribution in [1.29, 1.82) is 0 Å². The number of guanidine groups is 1. The van der Waals surface area contributed by atoms with E-state index >= 15 is 0 Å². The van der Waals surface area contributed by atoms with Gasteiger partial charge in [0.05, 0.1) is 17.7 Å². The van der Waals surface area contributed by atoms with Crippen LogP contribution in [0.1, 0.15) is 50.6 Å². The second-order valence-electron chi connectivity index (χ2n) is 5.66. The number of hydrogen-bond donors (Lipinski definition) is 2. The Morgan fingerprint density at radius 1 is 1.33 bits per heavy atom. The maximum absolute atomic E-state index is 4.28. The third-order valence-electron chi connectivity index (χ3n) is 3.29. The van der Waals surface area contributed by atoms with Gasteiger partial charge >= 0.3 is 0 Å². The van der Waals surface area contributed by atoms with Gasteiger partial charge in [-0.15, -0.1) is 35.3 Å². The fourth-order valence-corrected chi connectivity index (χ4v) is 2.71. The molecule has 0 fully saturated rings. The SMILES string of the molecule is CN=C(NCc1scnc1C)NC(C)CCCC(C)C.I.